The molecule has 1 aromatic carbocycles. The van der Waals surface area contributed by atoms with Gasteiger partial charge in [0.25, 0.3) is 0 Å². The number of ether oxygens (including phenoxy) is 1. The van der Waals surface area contributed by atoms with Gasteiger partial charge in [-0.05, 0) is 26.0 Å². The number of benzene rings is 1. The molecule has 0 bridgehead atoms. The molecule has 0 saturated carbocycles. The van der Waals surface area contributed by atoms with Crippen LogP contribution in [0.5, 0.6) is 0 Å². The fraction of sp³-hybridized carbons (Fsp3) is 0.231. The highest BCUT2D eigenvalue weighted by Gasteiger charge is 2.14. The van der Waals surface area contributed by atoms with Gasteiger partial charge >= 0.3 is 5.97 Å². The molecule has 0 amide bonds. The summed E-state index contributed by atoms with van der Waals surface area (Å²) in [5, 5.41) is 12.4. The Balaban J connectivity index is 2.98. The minimum atomic E-state index is -0.642. The molecule has 1 aromatic rings. The molecule has 5 heteroatoms. The van der Waals surface area contributed by atoms with Gasteiger partial charge in [-0.1, -0.05) is 23.7 Å². The summed E-state index contributed by atoms with van der Waals surface area (Å²) in [5.41, 5.74) is 0.981. The van der Waals surface area contributed by atoms with E-state index in [9.17, 15) is 4.79 Å². The first-order valence-electron chi connectivity index (χ1n) is 5.39. The van der Waals surface area contributed by atoms with E-state index in [4.69, 9.17) is 21.6 Å². The van der Waals surface area contributed by atoms with Crippen LogP contribution in [0.25, 0.3) is 0 Å². The number of rotatable bonds is 4. The van der Waals surface area contributed by atoms with Crippen molar-refractivity contribution in [2.45, 2.75) is 13.8 Å². The average Bonchev–Trinajstić information content (AvgIpc) is 2.33. The summed E-state index contributed by atoms with van der Waals surface area (Å²) >= 11 is 5.97. The van der Waals surface area contributed by atoms with E-state index in [2.05, 4.69) is 5.32 Å². The Hall–Kier alpha value is -1.99. The van der Waals surface area contributed by atoms with Crippen molar-refractivity contribution < 1.29 is 9.53 Å². The highest BCUT2D eigenvalue weighted by Crippen LogP contribution is 2.22. The molecule has 0 aliphatic rings. The van der Waals surface area contributed by atoms with Crippen molar-refractivity contribution in [2.75, 3.05) is 11.9 Å². The Morgan fingerprint density at radius 1 is 1.50 bits per heavy atom. The molecule has 1 N–H and O–H groups in total. The molecule has 0 aliphatic heterocycles. The Labute approximate surface area is 111 Å². The van der Waals surface area contributed by atoms with Crippen molar-refractivity contribution in [3.63, 3.8) is 0 Å². The van der Waals surface area contributed by atoms with E-state index in [-0.39, 0.29) is 12.2 Å². The van der Waals surface area contributed by atoms with Gasteiger partial charge in [-0.25, -0.2) is 4.79 Å². The smallest absolute Gasteiger partial charge is 0.350 e. The van der Waals surface area contributed by atoms with Gasteiger partial charge in [-0.3, -0.25) is 0 Å². The van der Waals surface area contributed by atoms with Crippen LogP contribution < -0.4 is 5.32 Å². The van der Waals surface area contributed by atoms with E-state index in [0.717, 1.165) is 0 Å². The molecule has 0 aromatic heterocycles. The summed E-state index contributed by atoms with van der Waals surface area (Å²) in [6, 6.07) is 8.90. The first-order valence-corrected chi connectivity index (χ1v) is 5.77. The minimum Gasteiger partial charge on any atom is -0.462 e. The number of carbonyl (C=O) groups is 1. The molecule has 0 heterocycles. The number of nitrogens with one attached hydrogen (secondary N) is 1. The van der Waals surface area contributed by atoms with Crippen LogP contribution in [0, 0.1) is 11.3 Å². The predicted molar refractivity (Wildman–Crippen MR) is 70.0 cm³/mol. The Morgan fingerprint density at radius 3 is 2.72 bits per heavy atom. The van der Waals surface area contributed by atoms with Crippen molar-refractivity contribution in [1.82, 2.24) is 0 Å². The van der Waals surface area contributed by atoms with Gasteiger partial charge in [0.05, 0.1) is 17.3 Å². The summed E-state index contributed by atoms with van der Waals surface area (Å²) in [6.07, 6.45) is 0. The fourth-order valence-corrected chi connectivity index (χ4v) is 1.50. The molecule has 0 radical (unpaired) electrons. The number of nitrogens with zero attached hydrogens (tertiary/aromatic N) is 1. The second kappa shape index (κ2) is 6.67. The third-order valence-corrected chi connectivity index (χ3v) is 2.49. The van der Waals surface area contributed by atoms with Gasteiger partial charge in [0, 0.05) is 5.70 Å². The third-order valence-electron chi connectivity index (χ3n) is 2.16. The van der Waals surface area contributed by atoms with E-state index in [1.807, 2.05) is 6.07 Å². The van der Waals surface area contributed by atoms with E-state index in [1.54, 1.807) is 38.1 Å². The number of esters is 1. The monoisotopic (exact) mass is 264 g/mol. The molecule has 0 atom stereocenters. The standard InChI is InChI=1S/C13H13ClN2O2/c1-3-18-13(17)10(8-15)9(2)16-12-7-5-4-6-11(12)14/h4-7,16H,3H2,1-2H3/b10-9-. The van der Waals surface area contributed by atoms with Crippen molar-refractivity contribution in [3.8, 4) is 6.07 Å². The highest BCUT2D eigenvalue weighted by molar-refractivity contribution is 6.33. The van der Waals surface area contributed by atoms with Crippen molar-refractivity contribution >= 4 is 23.3 Å². The van der Waals surface area contributed by atoms with Crippen molar-refractivity contribution in [3.05, 3.63) is 40.6 Å². The molecular formula is C13H13ClN2O2. The first kappa shape index (κ1) is 14.1. The van der Waals surface area contributed by atoms with Crippen LogP contribution in [0.1, 0.15) is 13.8 Å². The number of nitriles is 1. The topological polar surface area (TPSA) is 62.1 Å². The molecular weight excluding hydrogens is 252 g/mol. The lowest BCUT2D eigenvalue weighted by molar-refractivity contribution is -0.138. The summed E-state index contributed by atoms with van der Waals surface area (Å²) in [5.74, 6) is -0.642. The number of allylic oxidation sites excluding steroid dienone is 1. The summed E-state index contributed by atoms with van der Waals surface area (Å²) < 4.78 is 4.79. The molecule has 1 rings (SSSR count). The van der Waals surface area contributed by atoms with Crippen LogP contribution in [0.15, 0.2) is 35.5 Å². The Bertz CT molecular complexity index is 518. The van der Waals surface area contributed by atoms with Crippen LogP contribution in [-0.4, -0.2) is 12.6 Å². The quantitative estimate of drug-likeness (QED) is 0.516. The third kappa shape index (κ3) is 3.51. The molecule has 0 aliphatic carbocycles. The lowest BCUT2D eigenvalue weighted by Gasteiger charge is -2.10. The largest absolute Gasteiger partial charge is 0.462 e. The maximum Gasteiger partial charge on any atom is 0.350 e. The van der Waals surface area contributed by atoms with E-state index < -0.39 is 5.97 Å². The van der Waals surface area contributed by atoms with Gasteiger partial charge in [-0.2, -0.15) is 5.26 Å². The van der Waals surface area contributed by atoms with Crippen LogP contribution >= 0.6 is 11.6 Å². The van der Waals surface area contributed by atoms with Gasteiger partial charge < -0.3 is 10.1 Å². The summed E-state index contributed by atoms with van der Waals surface area (Å²) in [6.45, 7) is 3.53. The van der Waals surface area contributed by atoms with Gasteiger partial charge in [0.2, 0.25) is 0 Å². The van der Waals surface area contributed by atoms with Crippen LogP contribution in [0.2, 0.25) is 5.02 Å². The maximum atomic E-state index is 11.5. The van der Waals surface area contributed by atoms with Gasteiger partial charge in [-0.15, -0.1) is 0 Å². The lowest BCUT2D eigenvalue weighted by atomic mass is 10.2. The number of para-hydroxylation sites is 1. The normalized spacial score (nSPS) is 11.2. The van der Waals surface area contributed by atoms with Crippen LogP contribution in [0.3, 0.4) is 0 Å². The first-order chi connectivity index (χ1) is 8.60. The van der Waals surface area contributed by atoms with Crippen LogP contribution in [0.4, 0.5) is 5.69 Å². The zero-order chi connectivity index (χ0) is 13.5. The van der Waals surface area contributed by atoms with Crippen molar-refractivity contribution in [1.29, 1.82) is 5.26 Å². The Morgan fingerprint density at radius 2 is 2.17 bits per heavy atom. The molecule has 4 nitrogen and oxygen atoms in total. The van der Waals surface area contributed by atoms with Crippen molar-refractivity contribution in [2.24, 2.45) is 0 Å². The SMILES string of the molecule is CCOC(=O)/C(C#N)=C(/C)Nc1ccccc1Cl. The number of carbonyl (C=O) groups excluding carboxylic acids is 1. The summed E-state index contributed by atoms with van der Waals surface area (Å²) in [4.78, 5) is 11.5. The molecule has 94 valence electrons. The van der Waals surface area contributed by atoms with Gasteiger partial charge in [0.15, 0.2) is 5.57 Å². The van der Waals surface area contributed by atoms with E-state index in [1.165, 1.54) is 0 Å². The number of anilines is 1. The lowest BCUT2D eigenvalue weighted by Crippen LogP contribution is -2.11. The molecule has 0 unspecified atom stereocenters. The van der Waals surface area contributed by atoms with Gasteiger partial charge in [0.1, 0.15) is 6.07 Å². The number of halogens is 1. The number of hydrogen-bond acceptors (Lipinski definition) is 4. The van der Waals surface area contributed by atoms with E-state index >= 15 is 0 Å². The molecule has 0 spiro atoms. The maximum absolute atomic E-state index is 11.5. The second-order valence-electron chi connectivity index (χ2n) is 3.44. The fourth-order valence-electron chi connectivity index (χ4n) is 1.31. The highest BCUT2D eigenvalue weighted by atomic mass is 35.5. The Kier molecular flexibility index (Phi) is 5.22. The second-order valence-corrected chi connectivity index (χ2v) is 3.84. The van der Waals surface area contributed by atoms with Crippen LogP contribution in [-0.2, 0) is 9.53 Å². The molecule has 0 fully saturated rings. The molecule has 18 heavy (non-hydrogen) atoms. The molecule has 0 saturated heterocycles. The average molecular weight is 265 g/mol. The summed E-state index contributed by atoms with van der Waals surface area (Å²) in [7, 11) is 0. The zero-order valence-electron chi connectivity index (χ0n) is 10.2. The predicted octanol–water partition coefficient (Wildman–Crippen LogP) is 3.11. The van der Waals surface area contributed by atoms with E-state index in [0.29, 0.717) is 16.4 Å². The minimum absolute atomic E-state index is 0.0585. The zero-order valence-corrected chi connectivity index (χ0v) is 10.9. The number of hydrogen-bond donors (Lipinski definition) is 1.